The van der Waals surface area contributed by atoms with Crippen molar-refractivity contribution in [3.8, 4) is 11.5 Å². The summed E-state index contributed by atoms with van der Waals surface area (Å²) in [7, 11) is 0. The molecule has 29 heavy (non-hydrogen) atoms. The van der Waals surface area contributed by atoms with Crippen LogP contribution < -0.4 is 20.1 Å². The number of para-hydroxylation sites is 1. The average molecular weight is 384 g/mol. The van der Waals surface area contributed by atoms with Gasteiger partial charge in [-0.3, -0.25) is 9.78 Å². The topological polar surface area (TPSA) is 85.4 Å². The number of aromatic nitrogens is 2. The predicted octanol–water partition coefficient (Wildman–Crippen LogP) is 4.35. The van der Waals surface area contributed by atoms with Gasteiger partial charge in [-0.2, -0.15) is 0 Å². The molecule has 0 saturated heterocycles. The van der Waals surface area contributed by atoms with Gasteiger partial charge in [-0.25, -0.2) is 4.98 Å². The third-order valence-electron chi connectivity index (χ3n) is 4.55. The normalized spacial score (nSPS) is 12.0. The van der Waals surface area contributed by atoms with Crippen molar-refractivity contribution in [3.63, 3.8) is 0 Å². The van der Waals surface area contributed by atoms with E-state index in [1.165, 1.54) is 0 Å². The number of carbonyl (C=O) groups excluding carboxylic acids is 1. The van der Waals surface area contributed by atoms with Crippen LogP contribution in [0.3, 0.4) is 0 Å². The SMILES string of the molecule is O=C(Nc1cccc2cccnc12)c1ccnc(Nc2ccc3c(c2)OCO3)c1. The highest BCUT2D eigenvalue weighted by molar-refractivity contribution is 6.08. The number of nitrogens with one attached hydrogen (secondary N) is 2. The lowest BCUT2D eigenvalue weighted by molar-refractivity contribution is 0.102. The van der Waals surface area contributed by atoms with E-state index in [9.17, 15) is 4.79 Å². The summed E-state index contributed by atoms with van der Waals surface area (Å²) in [5.74, 6) is 1.69. The highest BCUT2D eigenvalue weighted by atomic mass is 16.7. The van der Waals surface area contributed by atoms with Gasteiger partial charge >= 0.3 is 0 Å². The number of rotatable bonds is 4. The van der Waals surface area contributed by atoms with Crippen molar-refractivity contribution in [2.75, 3.05) is 17.4 Å². The average Bonchev–Trinajstić information content (AvgIpc) is 3.22. The van der Waals surface area contributed by atoms with Crippen molar-refractivity contribution in [2.45, 2.75) is 0 Å². The molecule has 0 fully saturated rings. The van der Waals surface area contributed by atoms with E-state index in [-0.39, 0.29) is 12.7 Å². The van der Waals surface area contributed by atoms with E-state index < -0.39 is 0 Å². The predicted molar refractivity (Wildman–Crippen MR) is 110 cm³/mol. The highest BCUT2D eigenvalue weighted by Gasteiger charge is 2.14. The van der Waals surface area contributed by atoms with Gasteiger partial charge in [0.25, 0.3) is 5.91 Å². The van der Waals surface area contributed by atoms with Crippen LogP contribution in [-0.4, -0.2) is 22.7 Å². The maximum atomic E-state index is 12.8. The molecule has 2 aromatic heterocycles. The van der Waals surface area contributed by atoms with Crippen LogP contribution in [0.25, 0.3) is 10.9 Å². The summed E-state index contributed by atoms with van der Waals surface area (Å²) in [5.41, 5.74) is 2.68. The van der Waals surface area contributed by atoms with Crippen LogP contribution in [0, 0.1) is 0 Å². The summed E-state index contributed by atoms with van der Waals surface area (Å²) < 4.78 is 10.7. The minimum Gasteiger partial charge on any atom is -0.454 e. The number of fused-ring (bicyclic) bond motifs is 2. The standard InChI is InChI=1S/C22H16N4O3/c27-22(26-17-5-1-3-14-4-2-9-24-21(14)17)15-8-10-23-20(11-15)25-16-6-7-18-19(12-16)29-13-28-18/h1-12H,13H2,(H,23,25)(H,26,27). The fraction of sp³-hybridized carbons (Fsp3) is 0.0455. The van der Waals surface area contributed by atoms with E-state index >= 15 is 0 Å². The minimum absolute atomic E-state index is 0.218. The number of carbonyl (C=O) groups is 1. The summed E-state index contributed by atoms with van der Waals surface area (Å²) in [4.78, 5) is 21.4. The smallest absolute Gasteiger partial charge is 0.255 e. The molecular formula is C22H16N4O3. The molecule has 3 heterocycles. The van der Waals surface area contributed by atoms with Gasteiger partial charge in [-0.05, 0) is 36.4 Å². The zero-order valence-corrected chi connectivity index (χ0v) is 15.3. The van der Waals surface area contributed by atoms with Crippen molar-refractivity contribution in [3.05, 3.63) is 78.6 Å². The quantitative estimate of drug-likeness (QED) is 0.544. The number of hydrogen-bond donors (Lipinski definition) is 2. The van der Waals surface area contributed by atoms with Crippen LogP contribution in [-0.2, 0) is 0 Å². The fourth-order valence-corrected chi connectivity index (χ4v) is 3.16. The number of amides is 1. The Bertz CT molecular complexity index is 1220. The van der Waals surface area contributed by atoms with E-state index in [4.69, 9.17) is 9.47 Å². The Labute approximate surface area is 166 Å². The largest absolute Gasteiger partial charge is 0.454 e. The van der Waals surface area contributed by atoms with E-state index in [0.717, 1.165) is 16.6 Å². The third-order valence-corrected chi connectivity index (χ3v) is 4.55. The first-order valence-corrected chi connectivity index (χ1v) is 9.04. The molecule has 5 rings (SSSR count). The van der Waals surface area contributed by atoms with Crippen LogP contribution in [0.2, 0.25) is 0 Å². The Kier molecular flexibility index (Phi) is 4.18. The second kappa shape index (κ2) is 7.12. The van der Waals surface area contributed by atoms with Gasteiger partial charge in [0.1, 0.15) is 5.82 Å². The number of nitrogens with zero attached hydrogens (tertiary/aromatic N) is 2. The van der Waals surface area contributed by atoms with Crippen molar-refractivity contribution in [1.82, 2.24) is 9.97 Å². The Morgan fingerprint density at radius 2 is 1.79 bits per heavy atom. The van der Waals surface area contributed by atoms with Gasteiger partial charge in [-0.15, -0.1) is 0 Å². The fourth-order valence-electron chi connectivity index (χ4n) is 3.16. The minimum atomic E-state index is -0.237. The number of benzene rings is 2. The molecule has 142 valence electrons. The van der Waals surface area contributed by atoms with Crippen LogP contribution in [0.5, 0.6) is 11.5 Å². The van der Waals surface area contributed by atoms with Crippen molar-refractivity contribution >= 4 is 34.0 Å². The van der Waals surface area contributed by atoms with Crippen LogP contribution in [0.4, 0.5) is 17.2 Å². The molecule has 0 bridgehead atoms. The van der Waals surface area contributed by atoms with Crippen LogP contribution >= 0.6 is 0 Å². The van der Waals surface area contributed by atoms with Gasteiger partial charge in [0.05, 0.1) is 11.2 Å². The number of hydrogen-bond acceptors (Lipinski definition) is 6. The van der Waals surface area contributed by atoms with Crippen LogP contribution in [0.1, 0.15) is 10.4 Å². The maximum Gasteiger partial charge on any atom is 0.255 e. The molecule has 2 N–H and O–H groups in total. The number of pyridine rings is 2. The molecule has 0 aliphatic carbocycles. The lowest BCUT2D eigenvalue weighted by Gasteiger charge is -2.10. The zero-order chi connectivity index (χ0) is 19.6. The van der Waals surface area contributed by atoms with E-state index in [2.05, 4.69) is 20.6 Å². The lowest BCUT2D eigenvalue weighted by Crippen LogP contribution is -2.13. The zero-order valence-electron chi connectivity index (χ0n) is 15.3. The second-order valence-electron chi connectivity index (χ2n) is 6.46. The van der Waals surface area contributed by atoms with E-state index in [1.54, 1.807) is 24.5 Å². The Hall–Kier alpha value is -4.13. The summed E-state index contributed by atoms with van der Waals surface area (Å²) in [5, 5.41) is 7.08. The maximum absolute atomic E-state index is 12.8. The Morgan fingerprint density at radius 1 is 0.897 bits per heavy atom. The van der Waals surface area contributed by atoms with Gasteiger partial charge in [0, 0.05) is 35.1 Å². The lowest BCUT2D eigenvalue weighted by atomic mass is 10.1. The first kappa shape index (κ1) is 17.0. The van der Waals surface area contributed by atoms with Crippen molar-refractivity contribution in [1.29, 1.82) is 0 Å². The molecule has 7 nitrogen and oxygen atoms in total. The monoisotopic (exact) mass is 384 g/mol. The summed E-state index contributed by atoms with van der Waals surface area (Å²) >= 11 is 0. The first-order chi connectivity index (χ1) is 14.3. The van der Waals surface area contributed by atoms with Crippen molar-refractivity contribution < 1.29 is 14.3 Å². The molecule has 0 saturated carbocycles. The van der Waals surface area contributed by atoms with Gasteiger partial charge in [0.15, 0.2) is 11.5 Å². The first-order valence-electron chi connectivity index (χ1n) is 9.04. The molecule has 0 spiro atoms. The Balaban J connectivity index is 1.37. The number of ether oxygens (including phenoxy) is 2. The third kappa shape index (κ3) is 3.41. The van der Waals surface area contributed by atoms with Crippen molar-refractivity contribution in [2.24, 2.45) is 0 Å². The van der Waals surface area contributed by atoms with E-state index in [1.807, 2.05) is 48.5 Å². The molecule has 2 aromatic carbocycles. The molecule has 7 heteroatoms. The molecule has 0 atom stereocenters. The van der Waals surface area contributed by atoms with E-state index in [0.29, 0.717) is 28.6 Å². The summed E-state index contributed by atoms with van der Waals surface area (Å²) in [6, 6.07) is 18.4. The molecule has 0 unspecified atom stereocenters. The molecule has 1 aliphatic rings. The molecule has 0 radical (unpaired) electrons. The summed E-state index contributed by atoms with van der Waals surface area (Å²) in [6.45, 7) is 0.218. The second-order valence-corrected chi connectivity index (χ2v) is 6.46. The summed E-state index contributed by atoms with van der Waals surface area (Å²) in [6.07, 6.45) is 3.30. The highest BCUT2D eigenvalue weighted by Crippen LogP contribution is 2.35. The van der Waals surface area contributed by atoms with Gasteiger partial charge in [0.2, 0.25) is 6.79 Å². The molecule has 4 aromatic rings. The number of anilines is 3. The molecular weight excluding hydrogens is 368 g/mol. The van der Waals surface area contributed by atoms with Crippen LogP contribution in [0.15, 0.2) is 73.1 Å². The molecule has 1 aliphatic heterocycles. The Morgan fingerprint density at radius 3 is 2.76 bits per heavy atom. The molecule has 1 amide bonds. The van der Waals surface area contributed by atoms with Gasteiger partial charge in [-0.1, -0.05) is 18.2 Å². The van der Waals surface area contributed by atoms with Gasteiger partial charge < -0.3 is 20.1 Å².